The quantitative estimate of drug-likeness (QED) is 0.379. The van der Waals surface area contributed by atoms with Gasteiger partial charge in [-0.1, -0.05) is 35.9 Å². The average molecular weight is 544 g/mol. The zero-order valence-corrected chi connectivity index (χ0v) is 21.6. The average Bonchev–Trinajstić information content (AvgIpc) is 2.93. The fraction of sp³-hybridized carbons (Fsp3) is 0.286. The Morgan fingerprint density at radius 1 is 0.974 bits per heavy atom. The van der Waals surface area contributed by atoms with Crippen LogP contribution in [0.4, 0.5) is 19.3 Å². The van der Waals surface area contributed by atoms with Crippen molar-refractivity contribution in [3.8, 4) is 0 Å². The summed E-state index contributed by atoms with van der Waals surface area (Å²) in [5, 5.41) is 3.07. The lowest BCUT2D eigenvalue weighted by Gasteiger charge is -2.36. The predicted octanol–water partition coefficient (Wildman–Crippen LogP) is 5.51. The van der Waals surface area contributed by atoms with Gasteiger partial charge < -0.3 is 19.7 Å². The summed E-state index contributed by atoms with van der Waals surface area (Å²) in [6.07, 6.45) is -0.269. The fourth-order valence-electron chi connectivity index (χ4n) is 4.14. The first-order chi connectivity index (χ1) is 18.3. The molecule has 1 saturated heterocycles. The highest BCUT2D eigenvalue weighted by Crippen LogP contribution is 2.24. The Labute approximate surface area is 224 Å². The van der Waals surface area contributed by atoms with Gasteiger partial charge in [-0.15, -0.1) is 0 Å². The molecule has 1 aliphatic heterocycles. The zero-order chi connectivity index (χ0) is 27.1. The van der Waals surface area contributed by atoms with E-state index in [1.165, 1.54) is 7.11 Å². The Bertz CT molecular complexity index is 1250. The highest BCUT2D eigenvalue weighted by atomic mass is 35.5. The molecule has 1 N–H and O–H groups in total. The number of anilines is 1. The van der Waals surface area contributed by atoms with Crippen LogP contribution in [-0.2, 0) is 16.1 Å². The number of hydrogen-bond acceptors (Lipinski definition) is 5. The highest BCUT2D eigenvalue weighted by molar-refractivity contribution is 6.30. The molecule has 1 heterocycles. The molecule has 1 fully saturated rings. The number of nitrogens with zero attached hydrogens (tertiary/aromatic N) is 2. The number of urea groups is 1. The number of hydrogen-bond donors (Lipinski definition) is 1. The molecule has 0 aromatic heterocycles. The monoisotopic (exact) mass is 543 g/mol. The van der Waals surface area contributed by atoms with Crippen LogP contribution in [0.5, 0.6) is 0 Å². The molecule has 0 bridgehead atoms. The van der Waals surface area contributed by atoms with Crippen molar-refractivity contribution in [1.82, 2.24) is 9.80 Å². The maximum absolute atomic E-state index is 13.9. The van der Waals surface area contributed by atoms with Crippen molar-refractivity contribution in [1.29, 1.82) is 0 Å². The summed E-state index contributed by atoms with van der Waals surface area (Å²) >= 11 is 6.08. The Morgan fingerprint density at radius 2 is 1.66 bits per heavy atom. The van der Waals surface area contributed by atoms with E-state index in [-0.39, 0.29) is 11.8 Å². The Balaban J connectivity index is 1.35. The maximum Gasteiger partial charge on any atom is 0.337 e. The van der Waals surface area contributed by atoms with Gasteiger partial charge in [0.2, 0.25) is 0 Å². The molecule has 0 saturated carbocycles. The van der Waals surface area contributed by atoms with E-state index in [0.29, 0.717) is 49.9 Å². The van der Waals surface area contributed by atoms with Gasteiger partial charge in [0.1, 0.15) is 11.6 Å². The van der Waals surface area contributed by atoms with E-state index >= 15 is 0 Å². The third-order valence-corrected chi connectivity index (χ3v) is 6.57. The number of benzene rings is 3. The van der Waals surface area contributed by atoms with Gasteiger partial charge in [0.15, 0.2) is 0 Å². The minimum absolute atomic E-state index is 0.187. The second kappa shape index (κ2) is 12.8. The van der Waals surface area contributed by atoms with Crippen molar-refractivity contribution < 1.29 is 27.8 Å². The number of halogens is 3. The summed E-state index contributed by atoms with van der Waals surface area (Å²) in [5.74, 6) is -1.72. The van der Waals surface area contributed by atoms with Crippen molar-refractivity contribution in [2.24, 2.45) is 0 Å². The molecule has 4 rings (SSSR count). The lowest BCUT2D eigenvalue weighted by molar-refractivity contribution is 0.00592. The molecular formula is C28H28ClF2N3O4. The summed E-state index contributed by atoms with van der Waals surface area (Å²) in [6, 6.07) is 17.0. The topological polar surface area (TPSA) is 71.1 Å². The smallest absolute Gasteiger partial charge is 0.337 e. The predicted molar refractivity (Wildman–Crippen MR) is 140 cm³/mol. The van der Waals surface area contributed by atoms with Crippen LogP contribution in [0.25, 0.3) is 0 Å². The van der Waals surface area contributed by atoms with E-state index in [2.05, 4.69) is 10.2 Å². The molecule has 3 aromatic rings. The molecule has 1 atom stereocenters. The summed E-state index contributed by atoms with van der Waals surface area (Å²) in [5.41, 5.74) is 2.14. The van der Waals surface area contributed by atoms with Gasteiger partial charge in [0.05, 0.1) is 31.1 Å². The van der Waals surface area contributed by atoms with Crippen LogP contribution in [-0.4, -0.2) is 61.6 Å². The molecule has 3 aromatic carbocycles. The Morgan fingerprint density at radius 3 is 2.32 bits per heavy atom. The third-order valence-electron chi connectivity index (χ3n) is 6.32. The number of esters is 1. The normalized spacial score (nSPS) is 14.7. The fourth-order valence-corrected chi connectivity index (χ4v) is 4.27. The summed E-state index contributed by atoms with van der Waals surface area (Å²) in [6.45, 7) is 2.92. The molecule has 0 aliphatic carbocycles. The molecule has 10 heteroatoms. The number of methoxy groups -OCH3 is 1. The van der Waals surface area contributed by atoms with E-state index in [4.69, 9.17) is 21.1 Å². The van der Waals surface area contributed by atoms with Crippen molar-refractivity contribution in [2.75, 3.05) is 45.2 Å². The van der Waals surface area contributed by atoms with Crippen LogP contribution in [0.3, 0.4) is 0 Å². The van der Waals surface area contributed by atoms with Crippen LogP contribution in [0.2, 0.25) is 5.02 Å². The molecule has 1 aliphatic rings. The minimum Gasteiger partial charge on any atom is -0.465 e. The molecule has 1 unspecified atom stereocenters. The second-order valence-electron chi connectivity index (χ2n) is 8.88. The van der Waals surface area contributed by atoms with E-state index in [1.54, 1.807) is 17.0 Å². The maximum atomic E-state index is 13.9. The largest absolute Gasteiger partial charge is 0.465 e. The van der Waals surface area contributed by atoms with Gasteiger partial charge in [-0.05, 0) is 47.5 Å². The molecule has 7 nitrogen and oxygen atoms in total. The van der Waals surface area contributed by atoms with E-state index in [1.807, 2.05) is 36.4 Å². The standard InChI is InChI=1S/C28H28ClF2N3O4/c1-37-27(35)21-4-2-19(3-5-21)18-38-26(20-6-8-22(29)9-7-20)17-33-12-14-34(15-13-33)28(36)32-25-16-23(30)10-11-24(25)31/h2-11,16,26H,12-15,17-18H2,1H3,(H,32,36). The van der Waals surface area contributed by atoms with Crippen LogP contribution < -0.4 is 5.32 Å². The zero-order valence-electron chi connectivity index (χ0n) is 20.8. The van der Waals surface area contributed by atoms with Crippen molar-refractivity contribution in [2.45, 2.75) is 12.7 Å². The van der Waals surface area contributed by atoms with Crippen LogP contribution in [0, 0.1) is 11.6 Å². The van der Waals surface area contributed by atoms with Crippen LogP contribution in [0.1, 0.15) is 27.6 Å². The van der Waals surface area contributed by atoms with E-state index in [9.17, 15) is 18.4 Å². The number of carbonyl (C=O) groups excluding carboxylic acids is 2. The highest BCUT2D eigenvalue weighted by Gasteiger charge is 2.25. The van der Waals surface area contributed by atoms with Crippen molar-refractivity contribution >= 4 is 29.3 Å². The van der Waals surface area contributed by atoms with Gasteiger partial charge in [-0.25, -0.2) is 18.4 Å². The SMILES string of the molecule is COC(=O)c1ccc(COC(CN2CCN(C(=O)Nc3cc(F)ccc3F)CC2)c2ccc(Cl)cc2)cc1. The summed E-state index contributed by atoms with van der Waals surface area (Å²) in [7, 11) is 1.34. The van der Waals surface area contributed by atoms with Crippen LogP contribution >= 0.6 is 11.6 Å². The number of rotatable bonds is 8. The summed E-state index contributed by atoms with van der Waals surface area (Å²) < 4.78 is 38.4. The molecule has 200 valence electrons. The first-order valence-corrected chi connectivity index (χ1v) is 12.5. The van der Waals surface area contributed by atoms with Gasteiger partial charge in [0.25, 0.3) is 0 Å². The number of nitrogens with one attached hydrogen (secondary N) is 1. The Kier molecular flexibility index (Phi) is 9.28. The van der Waals surface area contributed by atoms with E-state index in [0.717, 1.165) is 29.3 Å². The first kappa shape index (κ1) is 27.5. The molecule has 0 spiro atoms. The first-order valence-electron chi connectivity index (χ1n) is 12.1. The molecule has 38 heavy (non-hydrogen) atoms. The Hall–Kier alpha value is -3.53. The lowest BCUT2D eigenvalue weighted by atomic mass is 10.1. The van der Waals surface area contributed by atoms with Crippen LogP contribution in [0.15, 0.2) is 66.7 Å². The molecular weight excluding hydrogens is 516 g/mol. The number of carbonyl (C=O) groups is 2. The van der Waals surface area contributed by atoms with Gasteiger partial charge in [-0.3, -0.25) is 4.90 Å². The summed E-state index contributed by atoms with van der Waals surface area (Å²) in [4.78, 5) is 28.0. The number of piperazine rings is 1. The number of ether oxygens (including phenoxy) is 2. The van der Waals surface area contributed by atoms with Crippen molar-refractivity contribution in [3.63, 3.8) is 0 Å². The number of amides is 2. The minimum atomic E-state index is -0.693. The van der Waals surface area contributed by atoms with Crippen molar-refractivity contribution in [3.05, 3.63) is 100 Å². The lowest BCUT2D eigenvalue weighted by Crippen LogP contribution is -2.50. The van der Waals surface area contributed by atoms with Gasteiger partial charge in [0, 0.05) is 43.8 Å². The second-order valence-corrected chi connectivity index (χ2v) is 9.32. The molecule has 2 amide bonds. The molecule has 0 radical (unpaired) electrons. The van der Waals surface area contributed by atoms with Gasteiger partial charge >= 0.3 is 12.0 Å². The third kappa shape index (κ3) is 7.28. The van der Waals surface area contributed by atoms with E-state index < -0.39 is 23.6 Å². The van der Waals surface area contributed by atoms with Gasteiger partial charge in [-0.2, -0.15) is 0 Å².